The first-order valence-corrected chi connectivity index (χ1v) is 7.60. The number of nitrogens with zero attached hydrogens (tertiary/aromatic N) is 1. The van der Waals surface area contributed by atoms with Gasteiger partial charge in [-0.05, 0) is 18.1 Å². The van der Waals surface area contributed by atoms with Crippen LogP contribution in [0.25, 0.3) is 0 Å². The van der Waals surface area contributed by atoms with Gasteiger partial charge in [-0.25, -0.2) is 0 Å². The van der Waals surface area contributed by atoms with E-state index in [2.05, 4.69) is 36.1 Å². The number of carbonyl (C=O) groups excluding carboxylic acids is 1. The molecule has 22 heavy (non-hydrogen) atoms. The van der Waals surface area contributed by atoms with Gasteiger partial charge in [0.1, 0.15) is 6.61 Å². The van der Waals surface area contributed by atoms with E-state index in [9.17, 15) is 4.79 Å². The molecule has 0 unspecified atom stereocenters. The summed E-state index contributed by atoms with van der Waals surface area (Å²) in [5.74, 6) is -0.230. The number of hydrogen-bond acceptors (Lipinski definition) is 3. The minimum atomic E-state index is -0.230. The highest BCUT2D eigenvalue weighted by Gasteiger charge is 2.16. The van der Waals surface area contributed by atoms with Crippen LogP contribution >= 0.6 is 0 Å². The number of carbonyl (C=O) groups is 1. The molecule has 0 aliphatic heterocycles. The van der Waals surface area contributed by atoms with Gasteiger partial charge in [-0.15, -0.1) is 0 Å². The molecule has 0 N–H and O–H groups in total. The number of benzene rings is 2. The van der Waals surface area contributed by atoms with Gasteiger partial charge in [0.2, 0.25) is 0 Å². The molecule has 0 spiro atoms. The van der Waals surface area contributed by atoms with Gasteiger partial charge >= 0.3 is 5.97 Å². The Morgan fingerprint density at radius 1 is 0.955 bits per heavy atom. The molecular weight excluding hydrogens is 274 g/mol. The van der Waals surface area contributed by atoms with E-state index in [1.54, 1.807) is 0 Å². The van der Waals surface area contributed by atoms with Crippen molar-refractivity contribution in [2.75, 3.05) is 6.61 Å². The maximum atomic E-state index is 11.0. The summed E-state index contributed by atoms with van der Waals surface area (Å²) in [6.45, 7) is 5.62. The van der Waals surface area contributed by atoms with Crippen LogP contribution in [-0.4, -0.2) is 23.5 Å². The average molecular weight is 297 g/mol. The maximum absolute atomic E-state index is 11.0. The summed E-state index contributed by atoms with van der Waals surface area (Å²) in [4.78, 5) is 13.4. The van der Waals surface area contributed by atoms with Gasteiger partial charge in [-0.2, -0.15) is 0 Å². The van der Waals surface area contributed by atoms with Crippen LogP contribution in [-0.2, 0) is 22.6 Å². The fourth-order valence-corrected chi connectivity index (χ4v) is 2.35. The summed E-state index contributed by atoms with van der Waals surface area (Å²) in [6.07, 6.45) is 0. The average Bonchev–Trinajstić information content (AvgIpc) is 2.54. The van der Waals surface area contributed by atoms with E-state index >= 15 is 0 Å². The third-order valence-electron chi connectivity index (χ3n) is 3.61. The lowest BCUT2D eigenvalue weighted by atomic mass is 10.1. The molecule has 0 heterocycles. The molecule has 2 rings (SSSR count). The van der Waals surface area contributed by atoms with Gasteiger partial charge in [0.05, 0.1) is 0 Å². The topological polar surface area (TPSA) is 29.5 Å². The molecule has 0 saturated carbocycles. The Hall–Kier alpha value is -2.13. The summed E-state index contributed by atoms with van der Waals surface area (Å²) >= 11 is 0. The molecule has 0 bridgehead atoms. The summed E-state index contributed by atoms with van der Waals surface area (Å²) in [6, 6.07) is 20.9. The van der Waals surface area contributed by atoms with Crippen molar-refractivity contribution in [3.63, 3.8) is 0 Å². The largest absolute Gasteiger partial charge is 0.464 e. The lowest BCUT2D eigenvalue weighted by Gasteiger charge is -2.29. The molecular formula is C19H23NO2. The molecule has 2 aromatic rings. The molecule has 1 atom stereocenters. The molecule has 0 aliphatic carbocycles. The highest BCUT2D eigenvalue weighted by Crippen LogP contribution is 2.13. The normalized spacial score (nSPS) is 12.1. The van der Waals surface area contributed by atoms with E-state index < -0.39 is 0 Å². The second kappa shape index (κ2) is 8.35. The van der Waals surface area contributed by atoms with Crippen molar-refractivity contribution in [2.45, 2.75) is 33.0 Å². The zero-order chi connectivity index (χ0) is 15.8. The number of hydrogen-bond donors (Lipinski definition) is 0. The van der Waals surface area contributed by atoms with Gasteiger partial charge in [0.25, 0.3) is 0 Å². The van der Waals surface area contributed by atoms with Gasteiger partial charge in [0.15, 0.2) is 0 Å². The second-order valence-corrected chi connectivity index (χ2v) is 5.53. The fraction of sp³-hybridized carbons (Fsp3) is 0.316. The van der Waals surface area contributed by atoms with Crippen LogP contribution in [0.5, 0.6) is 0 Å². The van der Waals surface area contributed by atoms with E-state index in [0.717, 1.165) is 13.1 Å². The third kappa shape index (κ3) is 5.34. The molecule has 3 heteroatoms. The summed E-state index contributed by atoms with van der Waals surface area (Å²) in [7, 11) is 0. The van der Waals surface area contributed by atoms with Crippen molar-refractivity contribution in [1.29, 1.82) is 0 Å². The van der Waals surface area contributed by atoms with Crippen LogP contribution in [0.4, 0.5) is 0 Å². The summed E-state index contributed by atoms with van der Waals surface area (Å²) in [5, 5.41) is 0. The molecule has 0 aliphatic rings. The quantitative estimate of drug-likeness (QED) is 0.731. The first kappa shape index (κ1) is 16.2. The molecule has 0 fully saturated rings. The Balaban J connectivity index is 2.07. The monoisotopic (exact) mass is 297 g/mol. The van der Waals surface area contributed by atoms with Crippen molar-refractivity contribution in [2.24, 2.45) is 0 Å². The van der Waals surface area contributed by atoms with Crippen LogP contribution in [0.1, 0.15) is 25.0 Å². The fourth-order valence-electron chi connectivity index (χ4n) is 2.35. The summed E-state index contributed by atoms with van der Waals surface area (Å²) < 4.78 is 5.18. The predicted octanol–water partition coefficient (Wildman–Crippen LogP) is 3.64. The number of esters is 1. The summed E-state index contributed by atoms with van der Waals surface area (Å²) in [5.41, 5.74) is 2.52. The number of rotatable bonds is 7. The van der Waals surface area contributed by atoms with Gasteiger partial charge in [0, 0.05) is 26.1 Å². The van der Waals surface area contributed by atoms with Crippen molar-refractivity contribution in [3.8, 4) is 0 Å². The van der Waals surface area contributed by atoms with Crippen molar-refractivity contribution in [1.82, 2.24) is 4.90 Å². The molecule has 0 radical (unpaired) electrons. The van der Waals surface area contributed by atoms with E-state index in [-0.39, 0.29) is 12.0 Å². The molecule has 0 aromatic heterocycles. The Kier molecular flexibility index (Phi) is 6.16. The maximum Gasteiger partial charge on any atom is 0.302 e. The van der Waals surface area contributed by atoms with Crippen LogP contribution in [0.3, 0.4) is 0 Å². The Labute approximate surface area is 132 Å². The first-order chi connectivity index (χ1) is 10.6. The van der Waals surface area contributed by atoms with Crippen molar-refractivity contribution < 1.29 is 9.53 Å². The highest BCUT2D eigenvalue weighted by atomic mass is 16.5. The van der Waals surface area contributed by atoms with Crippen LogP contribution in [0.15, 0.2) is 60.7 Å². The van der Waals surface area contributed by atoms with Gasteiger partial charge in [-0.1, -0.05) is 60.7 Å². The van der Waals surface area contributed by atoms with Crippen LogP contribution in [0.2, 0.25) is 0 Å². The lowest BCUT2D eigenvalue weighted by Crippen LogP contribution is -2.36. The Morgan fingerprint density at radius 3 is 1.82 bits per heavy atom. The Bertz CT molecular complexity index is 527. The van der Waals surface area contributed by atoms with E-state index in [0.29, 0.717) is 6.61 Å². The standard InChI is InChI=1S/C19H23NO2/c1-16(15-22-17(2)21)20(13-18-9-5-3-6-10-18)14-19-11-7-4-8-12-19/h3-12,16H,13-15H2,1-2H3/t16-/m0/s1. The van der Waals surface area contributed by atoms with E-state index in [4.69, 9.17) is 4.74 Å². The van der Waals surface area contributed by atoms with E-state index in [1.165, 1.54) is 18.1 Å². The third-order valence-corrected chi connectivity index (χ3v) is 3.61. The van der Waals surface area contributed by atoms with Crippen molar-refractivity contribution in [3.05, 3.63) is 71.8 Å². The number of ether oxygens (including phenoxy) is 1. The highest BCUT2D eigenvalue weighted by molar-refractivity contribution is 5.65. The van der Waals surface area contributed by atoms with Gasteiger partial charge in [-0.3, -0.25) is 9.69 Å². The zero-order valence-electron chi connectivity index (χ0n) is 13.2. The Morgan fingerprint density at radius 2 is 1.41 bits per heavy atom. The lowest BCUT2D eigenvalue weighted by molar-refractivity contribution is -0.142. The van der Waals surface area contributed by atoms with Gasteiger partial charge < -0.3 is 4.74 Å². The molecule has 0 amide bonds. The smallest absolute Gasteiger partial charge is 0.302 e. The van der Waals surface area contributed by atoms with Crippen LogP contribution < -0.4 is 0 Å². The predicted molar refractivity (Wildman–Crippen MR) is 88.2 cm³/mol. The zero-order valence-corrected chi connectivity index (χ0v) is 13.2. The van der Waals surface area contributed by atoms with E-state index in [1.807, 2.05) is 36.4 Å². The second-order valence-electron chi connectivity index (χ2n) is 5.53. The van der Waals surface area contributed by atoms with Crippen molar-refractivity contribution >= 4 is 5.97 Å². The SMILES string of the molecule is CC(=O)OC[C@H](C)N(Cc1ccccc1)Cc1ccccc1. The van der Waals surface area contributed by atoms with Crippen LogP contribution in [0, 0.1) is 0 Å². The first-order valence-electron chi connectivity index (χ1n) is 7.60. The minimum absolute atomic E-state index is 0.157. The molecule has 3 nitrogen and oxygen atoms in total. The minimum Gasteiger partial charge on any atom is -0.464 e. The molecule has 116 valence electrons. The molecule has 2 aromatic carbocycles. The molecule has 0 saturated heterocycles.